The van der Waals surface area contributed by atoms with Crippen molar-refractivity contribution in [3.05, 3.63) is 94.8 Å². The van der Waals surface area contributed by atoms with E-state index in [0.717, 1.165) is 35.4 Å². The lowest BCUT2D eigenvalue weighted by Crippen LogP contribution is -2.11. The number of anilines is 1. The summed E-state index contributed by atoms with van der Waals surface area (Å²) in [6.07, 6.45) is 1.75. The van der Waals surface area contributed by atoms with Gasteiger partial charge in [0.25, 0.3) is 5.91 Å². The summed E-state index contributed by atoms with van der Waals surface area (Å²) in [5.41, 5.74) is 4.73. The second-order valence-corrected chi connectivity index (χ2v) is 7.17. The van der Waals surface area contributed by atoms with Crippen LogP contribution in [0, 0.1) is 0 Å². The summed E-state index contributed by atoms with van der Waals surface area (Å²) in [5, 5.41) is 3.52. The number of carbonyl (C=O) groups is 1. The van der Waals surface area contributed by atoms with Gasteiger partial charge in [-0.3, -0.25) is 4.79 Å². The molecule has 28 heavy (non-hydrogen) atoms. The molecule has 0 fully saturated rings. The highest BCUT2D eigenvalue weighted by Crippen LogP contribution is 2.17. The monoisotopic (exact) mass is 389 g/mol. The normalized spacial score (nSPS) is 10.9. The lowest BCUT2D eigenvalue weighted by atomic mass is 10.1. The van der Waals surface area contributed by atoms with Crippen molar-refractivity contribution < 1.29 is 4.79 Å². The van der Waals surface area contributed by atoms with E-state index in [1.54, 1.807) is 24.3 Å². The van der Waals surface area contributed by atoms with Crippen LogP contribution in [0.1, 0.15) is 21.7 Å². The number of para-hydroxylation sites is 2. The number of imidazole rings is 1. The molecule has 0 radical (unpaired) electrons. The van der Waals surface area contributed by atoms with Crippen LogP contribution in [0.25, 0.3) is 11.0 Å². The van der Waals surface area contributed by atoms with Crippen LogP contribution in [-0.2, 0) is 19.9 Å². The summed E-state index contributed by atoms with van der Waals surface area (Å²) in [6, 6.07) is 22.9. The van der Waals surface area contributed by atoms with E-state index in [-0.39, 0.29) is 5.91 Å². The van der Waals surface area contributed by atoms with Crippen molar-refractivity contribution in [3.63, 3.8) is 0 Å². The highest BCUT2D eigenvalue weighted by molar-refractivity contribution is 6.30. The van der Waals surface area contributed by atoms with Gasteiger partial charge < -0.3 is 9.88 Å². The molecule has 0 aliphatic rings. The van der Waals surface area contributed by atoms with Crippen molar-refractivity contribution >= 4 is 34.2 Å². The highest BCUT2D eigenvalue weighted by atomic mass is 35.5. The van der Waals surface area contributed by atoms with Crippen molar-refractivity contribution in [2.24, 2.45) is 7.05 Å². The van der Waals surface area contributed by atoms with E-state index in [1.165, 1.54) is 5.56 Å². The minimum atomic E-state index is -0.149. The lowest BCUT2D eigenvalue weighted by Gasteiger charge is -2.07. The number of halogens is 1. The summed E-state index contributed by atoms with van der Waals surface area (Å²) >= 11 is 5.86. The van der Waals surface area contributed by atoms with Gasteiger partial charge in [0.05, 0.1) is 11.0 Å². The number of fused-ring (bicyclic) bond motifs is 1. The minimum absolute atomic E-state index is 0.149. The molecule has 1 aromatic heterocycles. The van der Waals surface area contributed by atoms with E-state index in [1.807, 2.05) is 42.5 Å². The summed E-state index contributed by atoms with van der Waals surface area (Å²) in [7, 11) is 2.06. The maximum absolute atomic E-state index is 12.3. The zero-order chi connectivity index (χ0) is 19.5. The van der Waals surface area contributed by atoms with Crippen LogP contribution in [-0.4, -0.2) is 15.5 Å². The van der Waals surface area contributed by atoms with Gasteiger partial charge in [-0.25, -0.2) is 4.98 Å². The van der Waals surface area contributed by atoms with Crippen LogP contribution in [0.4, 0.5) is 5.69 Å². The quantitative estimate of drug-likeness (QED) is 0.505. The van der Waals surface area contributed by atoms with Crippen LogP contribution in [0.3, 0.4) is 0 Å². The number of benzene rings is 3. The summed E-state index contributed by atoms with van der Waals surface area (Å²) in [5.74, 6) is 0.922. The van der Waals surface area contributed by atoms with Crippen molar-refractivity contribution in [3.8, 4) is 0 Å². The molecule has 1 heterocycles. The molecule has 0 aliphatic carbocycles. The highest BCUT2D eigenvalue weighted by Gasteiger charge is 2.08. The van der Waals surface area contributed by atoms with Gasteiger partial charge in [0.1, 0.15) is 5.82 Å². The molecule has 0 saturated heterocycles. The average molecular weight is 390 g/mol. The third-order valence-electron chi connectivity index (χ3n) is 4.84. The molecular formula is C23H20ClN3O. The smallest absolute Gasteiger partial charge is 0.255 e. The average Bonchev–Trinajstić information content (AvgIpc) is 3.04. The molecule has 4 aromatic rings. The first-order valence-corrected chi connectivity index (χ1v) is 9.54. The number of hydrogen-bond donors (Lipinski definition) is 1. The Morgan fingerprint density at radius 2 is 1.68 bits per heavy atom. The Kier molecular flexibility index (Phi) is 5.13. The Labute approximate surface area is 168 Å². The lowest BCUT2D eigenvalue weighted by molar-refractivity contribution is 0.102. The Morgan fingerprint density at radius 3 is 2.39 bits per heavy atom. The molecular weight excluding hydrogens is 370 g/mol. The van der Waals surface area contributed by atoms with Gasteiger partial charge in [-0.15, -0.1) is 0 Å². The molecule has 1 amide bonds. The van der Waals surface area contributed by atoms with Crippen molar-refractivity contribution in [2.75, 3.05) is 5.32 Å². The van der Waals surface area contributed by atoms with Crippen molar-refractivity contribution in [1.29, 1.82) is 0 Å². The first kappa shape index (κ1) is 18.3. The molecule has 3 aromatic carbocycles. The first-order chi connectivity index (χ1) is 13.6. The number of rotatable bonds is 5. The van der Waals surface area contributed by atoms with E-state index in [9.17, 15) is 4.79 Å². The summed E-state index contributed by atoms with van der Waals surface area (Å²) < 4.78 is 2.15. The number of carbonyl (C=O) groups excluding carboxylic acids is 1. The van der Waals surface area contributed by atoms with Crippen LogP contribution >= 0.6 is 11.6 Å². The Balaban J connectivity index is 1.39. The topological polar surface area (TPSA) is 46.9 Å². The van der Waals surface area contributed by atoms with Crippen LogP contribution in [0.15, 0.2) is 72.8 Å². The van der Waals surface area contributed by atoms with Gasteiger partial charge in [-0.05, 0) is 60.5 Å². The summed E-state index contributed by atoms with van der Waals surface area (Å²) in [6.45, 7) is 0. The fourth-order valence-electron chi connectivity index (χ4n) is 3.23. The maximum Gasteiger partial charge on any atom is 0.255 e. The van der Waals surface area contributed by atoms with E-state index in [2.05, 4.69) is 23.0 Å². The predicted molar refractivity (Wildman–Crippen MR) is 114 cm³/mol. The molecule has 0 saturated carbocycles. The maximum atomic E-state index is 12.3. The zero-order valence-corrected chi connectivity index (χ0v) is 16.3. The minimum Gasteiger partial charge on any atom is -0.331 e. The molecule has 0 unspecified atom stereocenters. The second kappa shape index (κ2) is 7.87. The number of amides is 1. The van der Waals surface area contributed by atoms with Gasteiger partial charge >= 0.3 is 0 Å². The van der Waals surface area contributed by atoms with Crippen molar-refractivity contribution in [1.82, 2.24) is 9.55 Å². The standard InChI is InChI=1S/C23H20ClN3O/c1-27-21-5-3-2-4-20(21)26-22(27)15-8-16-6-13-19(14-7-16)25-23(28)17-9-11-18(24)12-10-17/h2-7,9-14H,8,15H2,1H3,(H,25,28). The van der Waals surface area contributed by atoms with Crippen LogP contribution < -0.4 is 5.32 Å². The largest absolute Gasteiger partial charge is 0.331 e. The molecule has 0 atom stereocenters. The van der Waals surface area contributed by atoms with Gasteiger partial charge in [-0.2, -0.15) is 0 Å². The molecule has 0 spiro atoms. The molecule has 4 nitrogen and oxygen atoms in total. The van der Waals surface area contributed by atoms with E-state index < -0.39 is 0 Å². The number of nitrogens with zero attached hydrogens (tertiary/aromatic N) is 2. The third kappa shape index (κ3) is 3.92. The SMILES string of the molecule is Cn1c(CCc2ccc(NC(=O)c3ccc(Cl)cc3)cc2)nc2ccccc21. The predicted octanol–water partition coefficient (Wildman–Crippen LogP) is 5.26. The molecule has 0 aliphatic heterocycles. The number of aryl methyl sites for hydroxylation is 3. The Hall–Kier alpha value is -3.11. The molecule has 140 valence electrons. The number of aromatic nitrogens is 2. The molecule has 4 rings (SSSR count). The van der Waals surface area contributed by atoms with Crippen LogP contribution in [0.2, 0.25) is 5.02 Å². The zero-order valence-electron chi connectivity index (χ0n) is 15.5. The second-order valence-electron chi connectivity index (χ2n) is 6.73. The molecule has 5 heteroatoms. The van der Waals surface area contributed by atoms with Gasteiger partial charge in [0, 0.05) is 29.7 Å². The summed E-state index contributed by atoms with van der Waals surface area (Å²) in [4.78, 5) is 17.0. The van der Waals surface area contributed by atoms with Gasteiger partial charge in [-0.1, -0.05) is 35.9 Å². The fourth-order valence-corrected chi connectivity index (χ4v) is 3.36. The van der Waals surface area contributed by atoms with E-state index in [0.29, 0.717) is 10.6 Å². The van der Waals surface area contributed by atoms with E-state index >= 15 is 0 Å². The Bertz CT molecular complexity index is 1120. The van der Waals surface area contributed by atoms with Crippen LogP contribution in [0.5, 0.6) is 0 Å². The number of nitrogens with one attached hydrogen (secondary N) is 1. The van der Waals surface area contributed by atoms with Gasteiger partial charge in [0.2, 0.25) is 0 Å². The third-order valence-corrected chi connectivity index (χ3v) is 5.09. The molecule has 0 bridgehead atoms. The molecule has 1 N–H and O–H groups in total. The fraction of sp³-hybridized carbons (Fsp3) is 0.130. The first-order valence-electron chi connectivity index (χ1n) is 9.16. The Morgan fingerprint density at radius 1 is 0.964 bits per heavy atom. The van der Waals surface area contributed by atoms with Crippen molar-refractivity contribution in [2.45, 2.75) is 12.8 Å². The van der Waals surface area contributed by atoms with Gasteiger partial charge in [0.15, 0.2) is 0 Å². The number of hydrogen-bond acceptors (Lipinski definition) is 2. The van der Waals surface area contributed by atoms with E-state index in [4.69, 9.17) is 16.6 Å².